The number of hydrogen-bond donors (Lipinski definition) is 1. The lowest BCUT2D eigenvalue weighted by atomic mass is 10.1. The highest BCUT2D eigenvalue weighted by atomic mass is 19.1. The Balaban J connectivity index is 1.50. The smallest absolute Gasteiger partial charge is 0.224 e. The van der Waals surface area contributed by atoms with Crippen molar-refractivity contribution < 1.29 is 13.6 Å². The molecule has 1 N–H and O–H groups in total. The molecule has 2 aromatic carbocycles. The second-order valence-corrected chi connectivity index (χ2v) is 6.47. The van der Waals surface area contributed by atoms with Gasteiger partial charge in [-0.1, -0.05) is 25.5 Å². The molecule has 3 rings (SSSR count). The molecule has 4 nitrogen and oxygen atoms in total. The number of oxazole rings is 1. The Morgan fingerprint density at radius 1 is 1.07 bits per heavy atom. The van der Waals surface area contributed by atoms with Crippen molar-refractivity contribution in [3.63, 3.8) is 0 Å². The quantitative estimate of drug-likeness (QED) is 0.581. The number of aromatic nitrogens is 1. The molecule has 1 amide bonds. The highest BCUT2D eigenvalue weighted by molar-refractivity contribution is 5.90. The van der Waals surface area contributed by atoms with Crippen molar-refractivity contribution >= 4 is 11.6 Å². The van der Waals surface area contributed by atoms with Gasteiger partial charge in [0.25, 0.3) is 0 Å². The van der Waals surface area contributed by atoms with Crippen LogP contribution in [0, 0.1) is 5.82 Å². The minimum atomic E-state index is -0.298. The minimum absolute atomic E-state index is 0.0853. The summed E-state index contributed by atoms with van der Waals surface area (Å²) in [7, 11) is 0. The number of nitrogens with one attached hydrogen (secondary N) is 1. The van der Waals surface area contributed by atoms with Crippen molar-refractivity contribution in [3.05, 3.63) is 72.0 Å². The second kappa shape index (κ2) is 9.12. The molecule has 0 saturated heterocycles. The molecule has 140 valence electrons. The number of aryl methyl sites for hydroxylation is 2. The second-order valence-electron chi connectivity index (χ2n) is 6.47. The van der Waals surface area contributed by atoms with Crippen molar-refractivity contribution in [1.82, 2.24) is 4.98 Å². The highest BCUT2D eigenvalue weighted by Crippen LogP contribution is 2.21. The van der Waals surface area contributed by atoms with Crippen molar-refractivity contribution in [2.75, 3.05) is 5.32 Å². The molecule has 0 aliphatic carbocycles. The fraction of sp³-hybridized carbons (Fsp3) is 0.273. The van der Waals surface area contributed by atoms with E-state index in [1.165, 1.54) is 30.5 Å². The molecule has 0 spiro atoms. The summed E-state index contributed by atoms with van der Waals surface area (Å²) >= 11 is 0. The third-order valence-electron chi connectivity index (χ3n) is 4.30. The Kier molecular flexibility index (Phi) is 6.36. The standard InChI is InChI=1S/C22H23FN2O2/c1-2-3-4-16-5-11-19(12-6-16)25-21(26)13-14-22-24-15-20(27-22)17-7-9-18(23)10-8-17/h5-12,15H,2-4,13-14H2,1H3,(H,25,26). The van der Waals surface area contributed by atoms with Crippen LogP contribution in [0.25, 0.3) is 11.3 Å². The van der Waals surface area contributed by atoms with E-state index in [1.807, 2.05) is 24.3 Å². The first-order chi connectivity index (χ1) is 13.1. The third-order valence-corrected chi connectivity index (χ3v) is 4.30. The van der Waals surface area contributed by atoms with Crippen molar-refractivity contribution in [2.24, 2.45) is 0 Å². The molecule has 0 bridgehead atoms. The lowest BCUT2D eigenvalue weighted by Crippen LogP contribution is -2.12. The van der Waals surface area contributed by atoms with Gasteiger partial charge < -0.3 is 9.73 Å². The van der Waals surface area contributed by atoms with Crippen LogP contribution in [0.15, 0.2) is 59.1 Å². The SMILES string of the molecule is CCCCc1ccc(NC(=O)CCc2ncc(-c3ccc(F)cc3)o2)cc1. The number of unbranched alkanes of at least 4 members (excludes halogenated alkanes) is 1. The van der Waals surface area contributed by atoms with E-state index >= 15 is 0 Å². The summed E-state index contributed by atoms with van der Waals surface area (Å²) in [6.07, 6.45) is 5.67. The minimum Gasteiger partial charge on any atom is -0.441 e. The maximum absolute atomic E-state index is 13.0. The zero-order valence-electron chi connectivity index (χ0n) is 15.4. The van der Waals surface area contributed by atoms with Crippen LogP contribution in [0.2, 0.25) is 0 Å². The first kappa shape index (κ1) is 18.8. The van der Waals surface area contributed by atoms with Gasteiger partial charge in [0.15, 0.2) is 11.7 Å². The van der Waals surface area contributed by atoms with Crippen LogP contribution in [0.4, 0.5) is 10.1 Å². The van der Waals surface area contributed by atoms with Crippen LogP contribution in [-0.2, 0) is 17.6 Å². The molecule has 0 fully saturated rings. The summed E-state index contributed by atoms with van der Waals surface area (Å²) in [6, 6.07) is 14.0. The van der Waals surface area contributed by atoms with Gasteiger partial charge in [-0.2, -0.15) is 0 Å². The molecule has 1 aromatic heterocycles. The molecule has 1 heterocycles. The molecule has 0 atom stereocenters. The molecule has 0 aliphatic rings. The van der Waals surface area contributed by atoms with E-state index in [1.54, 1.807) is 18.3 Å². The zero-order valence-corrected chi connectivity index (χ0v) is 15.4. The van der Waals surface area contributed by atoms with Crippen LogP contribution in [0.3, 0.4) is 0 Å². The van der Waals surface area contributed by atoms with Crippen LogP contribution >= 0.6 is 0 Å². The van der Waals surface area contributed by atoms with E-state index in [-0.39, 0.29) is 18.1 Å². The molecule has 5 heteroatoms. The van der Waals surface area contributed by atoms with Crippen molar-refractivity contribution in [2.45, 2.75) is 39.0 Å². The Labute approximate surface area is 158 Å². The first-order valence-corrected chi connectivity index (χ1v) is 9.23. The molecular weight excluding hydrogens is 343 g/mol. The van der Waals surface area contributed by atoms with Gasteiger partial charge in [-0.15, -0.1) is 0 Å². The van der Waals surface area contributed by atoms with E-state index in [0.717, 1.165) is 17.7 Å². The average Bonchev–Trinajstić information content (AvgIpc) is 3.15. The number of nitrogens with zero attached hydrogens (tertiary/aromatic N) is 1. The van der Waals surface area contributed by atoms with Crippen molar-refractivity contribution in [3.8, 4) is 11.3 Å². The van der Waals surface area contributed by atoms with Gasteiger partial charge in [0, 0.05) is 24.1 Å². The third kappa shape index (κ3) is 5.51. The predicted molar refractivity (Wildman–Crippen MR) is 104 cm³/mol. The Morgan fingerprint density at radius 2 is 1.81 bits per heavy atom. The summed E-state index contributed by atoms with van der Waals surface area (Å²) in [6.45, 7) is 2.17. The van der Waals surface area contributed by atoms with Crippen LogP contribution in [0.5, 0.6) is 0 Å². The average molecular weight is 366 g/mol. The number of carbonyl (C=O) groups is 1. The fourth-order valence-corrected chi connectivity index (χ4v) is 2.75. The number of rotatable bonds is 8. The van der Waals surface area contributed by atoms with E-state index in [9.17, 15) is 9.18 Å². The van der Waals surface area contributed by atoms with Crippen LogP contribution in [-0.4, -0.2) is 10.9 Å². The van der Waals surface area contributed by atoms with Gasteiger partial charge in [-0.05, 0) is 54.8 Å². The molecular formula is C22H23FN2O2. The first-order valence-electron chi connectivity index (χ1n) is 9.23. The monoisotopic (exact) mass is 366 g/mol. The normalized spacial score (nSPS) is 10.7. The Morgan fingerprint density at radius 3 is 2.52 bits per heavy atom. The van der Waals surface area contributed by atoms with Gasteiger partial charge in [-0.25, -0.2) is 9.37 Å². The largest absolute Gasteiger partial charge is 0.441 e. The topological polar surface area (TPSA) is 55.1 Å². The Bertz CT molecular complexity index is 870. The molecule has 0 aliphatic heterocycles. The zero-order chi connectivity index (χ0) is 19.1. The van der Waals surface area contributed by atoms with Gasteiger partial charge in [0.1, 0.15) is 5.82 Å². The lowest BCUT2D eigenvalue weighted by Gasteiger charge is -2.06. The van der Waals surface area contributed by atoms with E-state index in [2.05, 4.69) is 17.2 Å². The van der Waals surface area contributed by atoms with Crippen LogP contribution in [0.1, 0.15) is 37.6 Å². The predicted octanol–water partition coefficient (Wildman–Crippen LogP) is 5.39. The number of carbonyl (C=O) groups excluding carboxylic acids is 1. The van der Waals surface area contributed by atoms with Gasteiger partial charge in [0.2, 0.25) is 5.91 Å². The summed E-state index contributed by atoms with van der Waals surface area (Å²) in [4.78, 5) is 16.3. The molecule has 3 aromatic rings. The van der Waals surface area contributed by atoms with Gasteiger partial charge in [-0.3, -0.25) is 4.79 Å². The Hall–Kier alpha value is -2.95. The summed E-state index contributed by atoms with van der Waals surface area (Å²) in [5.41, 5.74) is 2.82. The molecule has 0 radical (unpaired) electrons. The maximum atomic E-state index is 13.0. The summed E-state index contributed by atoms with van der Waals surface area (Å²) < 4.78 is 18.6. The molecule has 27 heavy (non-hydrogen) atoms. The number of benzene rings is 2. The van der Waals surface area contributed by atoms with Gasteiger partial charge in [0.05, 0.1) is 6.20 Å². The highest BCUT2D eigenvalue weighted by Gasteiger charge is 2.09. The number of anilines is 1. The van der Waals surface area contributed by atoms with Gasteiger partial charge >= 0.3 is 0 Å². The number of hydrogen-bond acceptors (Lipinski definition) is 3. The van der Waals surface area contributed by atoms with E-state index < -0.39 is 0 Å². The summed E-state index contributed by atoms with van der Waals surface area (Å²) in [5.74, 6) is 0.666. The van der Waals surface area contributed by atoms with E-state index in [4.69, 9.17) is 4.42 Å². The molecule has 0 saturated carbocycles. The molecule has 0 unspecified atom stereocenters. The maximum Gasteiger partial charge on any atom is 0.224 e. The van der Waals surface area contributed by atoms with E-state index in [0.29, 0.717) is 18.1 Å². The number of amides is 1. The van der Waals surface area contributed by atoms with Crippen LogP contribution < -0.4 is 5.32 Å². The lowest BCUT2D eigenvalue weighted by molar-refractivity contribution is -0.116. The summed E-state index contributed by atoms with van der Waals surface area (Å²) in [5, 5.41) is 2.89. The fourth-order valence-electron chi connectivity index (χ4n) is 2.75. The van der Waals surface area contributed by atoms with Crippen molar-refractivity contribution in [1.29, 1.82) is 0 Å². The number of halogens is 1.